The lowest BCUT2D eigenvalue weighted by Crippen LogP contribution is -2.44. The van der Waals surface area contributed by atoms with Crippen molar-refractivity contribution in [2.45, 2.75) is 31.8 Å². The van der Waals surface area contributed by atoms with Gasteiger partial charge in [-0.15, -0.1) is 13.2 Å². The van der Waals surface area contributed by atoms with Gasteiger partial charge in [0.05, 0.1) is 0 Å². The summed E-state index contributed by atoms with van der Waals surface area (Å²) in [5.41, 5.74) is 1.51. The van der Waals surface area contributed by atoms with Crippen molar-refractivity contribution in [3.8, 4) is 5.75 Å². The largest absolute Gasteiger partial charge is 0.573 e. The fourth-order valence-electron chi connectivity index (χ4n) is 3.06. The lowest BCUT2D eigenvalue weighted by atomic mass is 10.0. The smallest absolute Gasteiger partial charge is 0.406 e. The number of piperidine rings is 1. The Balaban J connectivity index is 1.45. The standard InChI is InChI=1S/C19H20F3N3O2/c20-19(21,22)27-17-3-1-14(2-4-17)13-25-11-7-16(8-12-25)24-18(26)15-5-9-23-10-6-15/h1-6,9-10,16H,7-8,11-13H2,(H,24,26). The van der Waals surface area contributed by atoms with Crippen molar-refractivity contribution in [3.63, 3.8) is 0 Å². The van der Waals surface area contributed by atoms with E-state index in [2.05, 4.69) is 19.9 Å². The second-order valence-electron chi connectivity index (χ2n) is 6.45. The SMILES string of the molecule is O=C(NC1CCN(Cc2ccc(OC(F)(F)F)cc2)CC1)c1ccncc1. The van der Waals surface area contributed by atoms with Crippen molar-refractivity contribution in [2.75, 3.05) is 13.1 Å². The molecule has 3 rings (SSSR count). The normalized spacial score (nSPS) is 16.1. The molecule has 2 aromatic rings. The van der Waals surface area contributed by atoms with E-state index in [0.29, 0.717) is 12.1 Å². The van der Waals surface area contributed by atoms with Crippen LogP contribution in [0, 0.1) is 0 Å². The van der Waals surface area contributed by atoms with Crippen LogP contribution >= 0.6 is 0 Å². The van der Waals surface area contributed by atoms with Gasteiger partial charge >= 0.3 is 6.36 Å². The van der Waals surface area contributed by atoms with E-state index in [-0.39, 0.29) is 17.7 Å². The molecule has 2 heterocycles. The molecule has 1 aromatic heterocycles. The minimum absolute atomic E-state index is 0.101. The number of benzene rings is 1. The van der Waals surface area contributed by atoms with E-state index >= 15 is 0 Å². The Morgan fingerprint density at radius 1 is 1.11 bits per heavy atom. The molecule has 144 valence electrons. The molecule has 1 amide bonds. The molecule has 1 fully saturated rings. The molecule has 27 heavy (non-hydrogen) atoms. The van der Waals surface area contributed by atoms with Crippen LogP contribution in [0.5, 0.6) is 5.75 Å². The molecule has 0 aliphatic carbocycles. The van der Waals surface area contributed by atoms with Crippen LogP contribution in [-0.2, 0) is 6.54 Å². The number of nitrogens with zero attached hydrogens (tertiary/aromatic N) is 2. The zero-order valence-corrected chi connectivity index (χ0v) is 14.6. The van der Waals surface area contributed by atoms with Gasteiger partial charge in [-0.25, -0.2) is 0 Å². The molecule has 0 radical (unpaired) electrons. The summed E-state index contributed by atoms with van der Waals surface area (Å²) in [5, 5.41) is 3.03. The number of pyridine rings is 1. The number of hydrogen-bond donors (Lipinski definition) is 1. The summed E-state index contributed by atoms with van der Waals surface area (Å²) in [6.45, 7) is 2.27. The molecule has 0 saturated carbocycles. The summed E-state index contributed by atoms with van der Waals surface area (Å²) < 4.78 is 40.4. The number of amides is 1. The molecule has 8 heteroatoms. The lowest BCUT2D eigenvalue weighted by molar-refractivity contribution is -0.274. The molecule has 5 nitrogen and oxygen atoms in total. The van der Waals surface area contributed by atoms with Gasteiger partial charge in [-0.1, -0.05) is 12.1 Å². The molecular weight excluding hydrogens is 359 g/mol. The van der Waals surface area contributed by atoms with Crippen molar-refractivity contribution in [3.05, 3.63) is 59.9 Å². The van der Waals surface area contributed by atoms with Crippen LogP contribution in [0.2, 0.25) is 0 Å². The molecule has 0 atom stereocenters. The van der Waals surface area contributed by atoms with E-state index in [9.17, 15) is 18.0 Å². The third-order valence-electron chi connectivity index (χ3n) is 4.43. The first-order valence-electron chi connectivity index (χ1n) is 8.67. The van der Waals surface area contributed by atoms with Crippen LogP contribution in [0.15, 0.2) is 48.8 Å². The zero-order chi connectivity index (χ0) is 19.3. The van der Waals surface area contributed by atoms with Gasteiger partial charge in [0.1, 0.15) is 5.75 Å². The first kappa shape index (κ1) is 19.2. The number of carbonyl (C=O) groups is 1. The third-order valence-corrected chi connectivity index (χ3v) is 4.43. The van der Waals surface area contributed by atoms with Crippen molar-refractivity contribution in [1.82, 2.24) is 15.2 Å². The summed E-state index contributed by atoms with van der Waals surface area (Å²) in [5.74, 6) is -0.320. The van der Waals surface area contributed by atoms with Gasteiger partial charge in [-0.2, -0.15) is 0 Å². The average molecular weight is 379 g/mol. The van der Waals surface area contributed by atoms with Gasteiger partial charge in [-0.3, -0.25) is 14.7 Å². The fourth-order valence-corrected chi connectivity index (χ4v) is 3.06. The van der Waals surface area contributed by atoms with E-state index < -0.39 is 6.36 Å². The van der Waals surface area contributed by atoms with Gasteiger partial charge in [-0.05, 0) is 42.7 Å². The predicted molar refractivity (Wildman–Crippen MR) is 93.1 cm³/mol. The molecule has 1 aliphatic heterocycles. The first-order valence-corrected chi connectivity index (χ1v) is 8.67. The van der Waals surface area contributed by atoms with Crippen molar-refractivity contribution < 1.29 is 22.7 Å². The Hall–Kier alpha value is -2.61. The van der Waals surface area contributed by atoms with Crippen LogP contribution < -0.4 is 10.1 Å². The zero-order valence-electron chi connectivity index (χ0n) is 14.6. The highest BCUT2D eigenvalue weighted by Gasteiger charge is 2.31. The molecular formula is C19H20F3N3O2. The minimum atomic E-state index is -4.68. The van der Waals surface area contributed by atoms with E-state index in [1.165, 1.54) is 12.1 Å². The molecule has 0 spiro atoms. The van der Waals surface area contributed by atoms with Gasteiger partial charge in [0.25, 0.3) is 5.91 Å². The molecule has 1 saturated heterocycles. The average Bonchev–Trinajstić information content (AvgIpc) is 2.64. The summed E-state index contributed by atoms with van der Waals surface area (Å²) >= 11 is 0. The number of ether oxygens (including phenoxy) is 1. The van der Waals surface area contributed by atoms with Crippen LogP contribution in [0.4, 0.5) is 13.2 Å². The number of halogens is 3. The Morgan fingerprint density at radius 2 is 1.74 bits per heavy atom. The summed E-state index contributed by atoms with van der Waals surface area (Å²) in [7, 11) is 0. The Bertz CT molecular complexity index is 743. The summed E-state index contributed by atoms with van der Waals surface area (Å²) in [6, 6.07) is 9.39. The Kier molecular flexibility index (Phi) is 5.95. The fraction of sp³-hybridized carbons (Fsp3) is 0.368. The predicted octanol–water partition coefficient (Wildman–Crippen LogP) is 3.37. The maximum atomic E-state index is 12.2. The minimum Gasteiger partial charge on any atom is -0.406 e. The second-order valence-corrected chi connectivity index (χ2v) is 6.45. The van der Waals surface area contributed by atoms with E-state index in [0.717, 1.165) is 31.5 Å². The number of carbonyl (C=O) groups excluding carboxylic acids is 1. The quantitative estimate of drug-likeness (QED) is 0.866. The van der Waals surface area contributed by atoms with Crippen molar-refractivity contribution >= 4 is 5.91 Å². The third kappa shape index (κ3) is 5.96. The maximum Gasteiger partial charge on any atom is 0.573 e. The van der Waals surface area contributed by atoms with Gasteiger partial charge in [0.15, 0.2) is 0 Å². The molecule has 0 unspecified atom stereocenters. The Morgan fingerprint density at radius 3 is 2.33 bits per heavy atom. The highest BCUT2D eigenvalue weighted by atomic mass is 19.4. The Labute approximate surface area is 155 Å². The maximum absolute atomic E-state index is 12.2. The topological polar surface area (TPSA) is 54.5 Å². The van der Waals surface area contributed by atoms with Gasteiger partial charge < -0.3 is 10.1 Å². The summed E-state index contributed by atoms with van der Waals surface area (Å²) in [6.07, 6.45) is 0.146. The highest BCUT2D eigenvalue weighted by molar-refractivity contribution is 5.94. The van der Waals surface area contributed by atoms with Gasteiger partial charge in [0.2, 0.25) is 0 Å². The van der Waals surface area contributed by atoms with Crippen LogP contribution in [0.25, 0.3) is 0 Å². The number of nitrogens with one attached hydrogen (secondary N) is 1. The highest BCUT2D eigenvalue weighted by Crippen LogP contribution is 2.23. The van der Waals surface area contributed by atoms with Crippen LogP contribution in [0.3, 0.4) is 0 Å². The van der Waals surface area contributed by atoms with Crippen molar-refractivity contribution in [1.29, 1.82) is 0 Å². The molecule has 0 bridgehead atoms. The summed E-state index contributed by atoms with van der Waals surface area (Å²) in [4.78, 5) is 18.3. The monoisotopic (exact) mass is 379 g/mol. The molecule has 1 aliphatic rings. The van der Waals surface area contributed by atoms with Gasteiger partial charge in [0, 0.05) is 43.6 Å². The van der Waals surface area contributed by atoms with Crippen LogP contribution in [0.1, 0.15) is 28.8 Å². The van der Waals surface area contributed by atoms with E-state index in [1.54, 1.807) is 36.7 Å². The van der Waals surface area contributed by atoms with Crippen molar-refractivity contribution in [2.24, 2.45) is 0 Å². The number of alkyl halides is 3. The number of likely N-dealkylation sites (tertiary alicyclic amines) is 1. The molecule has 1 aromatic carbocycles. The van der Waals surface area contributed by atoms with E-state index in [1.807, 2.05) is 0 Å². The number of aromatic nitrogens is 1. The molecule has 1 N–H and O–H groups in total. The number of rotatable bonds is 5. The number of hydrogen-bond acceptors (Lipinski definition) is 4. The van der Waals surface area contributed by atoms with E-state index in [4.69, 9.17) is 0 Å². The first-order chi connectivity index (χ1) is 12.9. The second kappa shape index (κ2) is 8.39. The lowest BCUT2D eigenvalue weighted by Gasteiger charge is -2.32. The van der Waals surface area contributed by atoms with Crippen LogP contribution in [-0.4, -0.2) is 41.3 Å².